The van der Waals surface area contributed by atoms with Gasteiger partial charge in [-0.05, 0) is 13.5 Å². The van der Waals surface area contributed by atoms with E-state index < -0.39 is 0 Å². The Balaban J connectivity index is 2.20. The average Bonchev–Trinajstić information content (AvgIpc) is 2.19. The number of carbonyl (C=O) groups excluding carboxylic acids is 2. The zero-order valence-electron chi connectivity index (χ0n) is 8.43. The molecule has 1 saturated heterocycles. The summed E-state index contributed by atoms with van der Waals surface area (Å²) in [5, 5.41) is 8.45. The highest BCUT2D eigenvalue weighted by atomic mass is 16.2. The van der Waals surface area contributed by atoms with Gasteiger partial charge in [0, 0.05) is 26.1 Å². The SMILES string of the molecule is CNCCNC(=O)C1CCC(=O)NC1. The van der Waals surface area contributed by atoms with Crippen LogP contribution in [-0.4, -0.2) is 38.5 Å². The summed E-state index contributed by atoms with van der Waals surface area (Å²) in [6.45, 7) is 1.88. The van der Waals surface area contributed by atoms with Crippen molar-refractivity contribution < 1.29 is 9.59 Å². The van der Waals surface area contributed by atoms with E-state index in [4.69, 9.17) is 0 Å². The third kappa shape index (κ3) is 3.33. The van der Waals surface area contributed by atoms with Crippen LogP contribution in [0.4, 0.5) is 0 Å². The Hall–Kier alpha value is -1.10. The summed E-state index contributed by atoms with van der Waals surface area (Å²) in [7, 11) is 1.84. The van der Waals surface area contributed by atoms with Crippen LogP contribution in [0.3, 0.4) is 0 Å². The zero-order valence-corrected chi connectivity index (χ0v) is 8.43. The fraction of sp³-hybridized carbons (Fsp3) is 0.778. The Morgan fingerprint density at radius 2 is 2.36 bits per heavy atom. The van der Waals surface area contributed by atoms with Crippen molar-refractivity contribution in [1.29, 1.82) is 0 Å². The molecule has 3 N–H and O–H groups in total. The quantitative estimate of drug-likeness (QED) is 0.501. The second-order valence-electron chi connectivity index (χ2n) is 3.43. The van der Waals surface area contributed by atoms with Gasteiger partial charge >= 0.3 is 0 Å². The lowest BCUT2D eigenvalue weighted by Crippen LogP contribution is -2.44. The van der Waals surface area contributed by atoms with E-state index in [-0.39, 0.29) is 17.7 Å². The molecule has 0 aromatic rings. The van der Waals surface area contributed by atoms with Crippen LogP contribution in [0.15, 0.2) is 0 Å². The predicted molar refractivity (Wildman–Crippen MR) is 52.7 cm³/mol. The molecule has 0 spiro atoms. The molecule has 5 nitrogen and oxygen atoms in total. The van der Waals surface area contributed by atoms with Gasteiger partial charge < -0.3 is 16.0 Å². The molecule has 0 aliphatic carbocycles. The molecule has 5 heteroatoms. The molecule has 1 fully saturated rings. The van der Waals surface area contributed by atoms with E-state index in [2.05, 4.69) is 16.0 Å². The number of hydrogen-bond donors (Lipinski definition) is 3. The highest BCUT2D eigenvalue weighted by molar-refractivity contribution is 5.83. The summed E-state index contributed by atoms with van der Waals surface area (Å²) in [5.41, 5.74) is 0. The van der Waals surface area contributed by atoms with E-state index in [0.717, 1.165) is 6.54 Å². The molecular weight excluding hydrogens is 182 g/mol. The molecule has 0 aromatic heterocycles. The van der Waals surface area contributed by atoms with Gasteiger partial charge in [0.05, 0.1) is 5.92 Å². The first-order chi connectivity index (χ1) is 6.74. The molecule has 0 saturated carbocycles. The summed E-state index contributed by atoms with van der Waals surface area (Å²) in [6, 6.07) is 0. The number of rotatable bonds is 4. The van der Waals surface area contributed by atoms with Crippen molar-refractivity contribution in [3.8, 4) is 0 Å². The van der Waals surface area contributed by atoms with E-state index >= 15 is 0 Å². The first-order valence-electron chi connectivity index (χ1n) is 4.93. The van der Waals surface area contributed by atoms with Gasteiger partial charge in [-0.15, -0.1) is 0 Å². The molecular formula is C9H17N3O2. The largest absolute Gasteiger partial charge is 0.355 e. The highest BCUT2D eigenvalue weighted by Gasteiger charge is 2.23. The molecule has 1 unspecified atom stereocenters. The van der Waals surface area contributed by atoms with Crippen LogP contribution in [0.25, 0.3) is 0 Å². The number of carbonyl (C=O) groups is 2. The molecule has 0 radical (unpaired) electrons. The van der Waals surface area contributed by atoms with Crippen molar-refractivity contribution in [2.45, 2.75) is 12.8 Å². The Morgan fingerprint density at radius 3 is 2.93 bits per heavy atom. The van der Waals surface area contributed by atoms with Crippen LogP contribution in [0.2, 0.25) is 0 Å². The van der Waals surface area contributed by atoms with Crippen LogP contribution < -0.4 is 16.0 Å². The molecule has 1 aliphatic rings. The van der Waals surface area contributed by atoms with Crippen LogP contribution in [0.5, 0.6) is 0 Å². The third-order valence-electron chi connectivity index (χ3n) is 2.31. The third-order valence-corrected chi connectivity index (χ3v) is 2.31. The number of nitrogens with one attached hydrogen (secondary N) is 3. The number of piperidine rings is 1. The molecule has 1 rings (SSSR count). The van der Waals surface area contributed by atoms with Crippen molar-refractivity contribution in [3.63, 3.8) is 0 Å². The van der Waals surface area contributed by atoms with Crippen LogP contribution in [0.1, 0.15) is 12.8 Å². The topological polar surface area (TPSA) is 70.2 Å². The summed E-state index contributed by atoms with van der Waals surface area (Å²) in [5.74, 6) is 0.0362. The van der Waals surface area contributed by atoms with E-state index in [0.29, 0.717) is 25.9 Å². The first-order valence-corrected chi connectivity index (χ1v) is 4.93. The molecule has 14 heavy (non-hydrogen) atoms. The summed E-state index contributed by atoms with van der Waals surface area (Å²) < 4.78 is 0. The van der Waals surface area contributed by atoms with Gasteiger partial charge in [0.15, 0.2) is 0 Å². The van der Waals surface area contributed by atoms with E-state index in [1.165, 1.54) is 0 Å². The first kappa shape index (κ1) is 11.0. The van der Waals surface area contributed by atoms with Gasteiger partial charge in [-0.1, -0.05) is 0 Å². The van der Waals surface area contributed by atoms with Crippen molar-refractivity contribution in [1.82, 2.24) is 16.0 Å². The maximum Gasteiger partial charge on any atom is 0.224 e. The van der Waals surface area contributed by atoms with Gasteiger partial charge in [-0.25, -0.2) is 0 Å². The lowest BCUT2D eigenvalue weighted by Gasteiger charge is -2.21. The lowest BCUT2D eigenvalue weighted by molar-refractivity contribution is -0.128. The van der Waals surface area contributed by atoms with Crippen molar-refractivity contribution in [2.75, 3.05) is 26.7 Å². The predicted octanol–water partition coefficient (Wildman–Crippen LogP) is -1.15. The zero-order chi connectivity index (χ0) is 10.4. The summed E-state index contributed by atoms with van der Waals surface area (Å²) in [6.07, 6.45) is 1.13. The van der Waals surface area contributed by atoms with Gasteiger partial charge in [0.25, 0.3) is 0 Å². The van der Waals surface area contributed by atoms with Crippen LogP contribution >= 0.6 is 0 Å². The standard InChI is InChI=1S/C9H17N3O2/c1-10-4-5-11-9(14)7-2-3-8(13)12-6-7/h7,10H,2-6H2,1H3,(H,11,14)(H,12,13). The minimum Gasteiger partial charge on any atom is -0.355 e. The van der Waals surface area contributed by atoms with Crippen LogP contribution in [-0.2, 0) is 9.59 Å². The molecule has 80 valence electrons. The minimum absolute atomic E-state index is 0.0419. The van der Waals surface area contributed by atoms with Gasteiger partial charge in [-0.2, -0.15) is 0 Å². The van der Waals surface area contributed by atoms with Gasteiger partial charge in [-0.3, -0.25) is 9.59 Å². The molecule has 1 aliphatic heterocycles. The van der Waals surface area contributed by atoms with Crippen molar-refractivity contribution in [2.24, 2.45) is 5.92 Å². The highest BCUT2D eigenvalue weighted by Crippen LogP contribution is 2.10. The second kappa shape index (κ2) is 5.59. The maximum absolute atomic E-state index is 11.5. The molecule has 1 atom stereocenters. The fourth-order valence-corrected chi connectivity index (χ4v) is 1.41. The van der Waals surface area contributed by atoms with Crippen molar-refractivity contribution in [3.05, 3.63) is 0 Å². The summed E-state index contributed by atoms with van der Waals surface area (Å²) >= 11 is 0. The monoisotopic (exact) mass is 199 g/mol. The Kier molecular flexibility index (Phi) is 4.39. The smallest absolute Gasteiger partial charge is 0.224 e. The Labute approximate surface area is 83.6 Å². The maximum atomic E-state index is 11.5. The average molecular weight is 199 g/mol. The molecule has 2 amide bonds. The van der Waals surface area contributed by atoms with Crippen LogP contribution in [0, 0.1) is 5.92 Å². The number of likely N-dealkylation sites (N-methyl/N-ethyl adjacent to an activating group) is 1. The fourth-order valence-electron chi connectivity index (χ4n) is 1.41. The summed E-state index contributed by atoms with van der Waals surface area (Å²) in [4.78, 5) is 22.3. The second-order valence-corrected chi connectivity index (χ2v) is 3.43. The van der Waals surface area contributed by atoms with E-state index in [1.54, 1.807) is 0 Å². The lowest BCUT2D eigenvalue weighted by atomic mass is 9.98. The molecule has 0 aromatic carbocycles. The van der Waals surface area contributed by atoms with Crippen molar-refractivity contribution >= 4 is 11.8 Å². The number of hydrogen-bond acceptors (Lipinski definition) is 3. The number of amides is 2. The Bertz CT molecular complexity index is 208. The Morgan fingerprint density at radius 1 is 1.57 bits per heavy atom. The van der Waals surface area contributed by atoms with Gasteiger partial charge in [0.1, 0.15) is 0 Å². The molecule has 1 heterocycles. The molecule has 0 bridgehead atoms. The normalized spacial score (nSPS) is 21.5. The van der Waals surface area contributed by atoms with Gasteiger partial charge in [0.2, 0.25) is 11.8 Å². The minimum atomic E-state index is -0.0513. The van der Waals surface area contributed by atoms with E-state index in [9.17, 15) is 9.59 Å². The van der Waals surface area contributed by atoms with E-state index in [1.807, 2.05) is 7.05 Å².